The van der Waals surface area contributed by atoms with Gasteiger partial charge in [0.15, 0.2) is 0 Å². The summed E-state index contributed by atoms with van der Waals surface area (Å²) in [6.07, 6.45) is 8.97. The first-order valence-corrected chi connectivity index (χ1v) is 5.50. The lowest BCUT2D eigenvalue weighted by Crippen LogP contribution is -2.20. The summed E-state index contributed by atoms with van der Waals surface area (Å²) in [6, 6.07) is 4.29. The molecule has 76 valence electrons. The van der Waals surface area contributed by atoms with E-state index in [1.54, 1.807) is 0 Å². The number of aromatic nitrogens is 1. The fraction of sp³-hybridized carbons (Fsp3) is 0.583. The van der Waals surface area contributed by atoms with E-state index in [1.165, 1.54) is 31.2 Å². The summed E-state index contributed by atoms with van der Waals surface area (Å²) < 4.78 is 0. The molecule has 1 aliphatic rings. The van der Waals surface area contributed by atoms with Crippen LogP contribution in [0.25, 0.3) is 0 Å². The molecular formula is C12H18N2. The maximum atomic E-state index is 5.68. The number of nitrogens with two attached hydrogens (primary N) is 1. The van der Waals surface area contributed by atoms with Crippen molar-refractivity contribution >= 4 is 0 Å². The topological polar surface area (TPSA) is 38.9 Å². The second-order valence-electron chi connectivity index (χ2n) is 4.23. The summed E-state index contributed by atoms with van der Waals surface area (Å²) in [4.78, 5) is 4.05. The van der Waals surface area contributed by atoms with Crippen LogP contribution in [0.4, 0.5) is 0 Å². The molecule has 0 amide bonds. The van der Waals surface area contributed by atoms with Gasteiger partial charge in [0.05, 0.1) is 0 Å². The number of hydrogen-bond acceptors (Lipinski definition) is 2. The first kappa shape index (κ1) is 9.66. The van der Waals surface area contributed by atoms with Gasteiger partial charge in [-0.3, -0.25) is 4.98 Å². The van der Waals surface area contributed by atoms with Gasteiger partial charge in [-0.2, -0.15) is 0 Å². The average molecular weight is 190 g/mol. The van der Waals surface area contributed by atoms with Crippen LogP contribution in [-0.2, 0) is 0 Å². The zero-order valence-electron chi connectivity index (χ0n) is 8.52. The van der Waals surface area contributed by atoms with Gasteiger partial charge in [-0.05, 0) is 61.8 Å². The standard InChI is InChI=1S/C12H18N2/c13-9-10-1-3-11(4-2-10)12-5-7-14-8-6-12/h5-8,10-11H,1-4,9,13H2. The molecule has 1 saturated carbocycles. The van der Waals surface area contributed by atoms with Crippen molar-refractivity contribution in [2.75, 3.05) is 6.54 Å². The molecule has 2 rings (SSSR count). The number of pyridine rings is 1. The Labute approximate surface area is 85.5 Å². The van der Waals surface area contributed by atoms with E-state index in [2.05, 4.69) is 17.1 Å². The van der Waals surface area contributed by atoms with Crippen LogP contribution < -0.4 is 5.73 Å². The van der Waals surface area contributed by atoms with Crippen molar-refractivity contribution in [3.63, 3.8) is 0 Å². The van der Waals surface area contributed by atoms with Gasteiger partial charge in [-0.25, -0.2) is 0 Å². The summed E-state index contributed by atoms with van der Waals surface area (Å²) >= 11 is 0. The Morgan fingerprint density at radius 3 is 2.36 bits per heavy atom. The predicted molar refractivity (Wildman–Crippen MR) is 58.0 cm³/mol. The van der Waals surface area contributed by atoms with Crippen LogP contribution in [0.5, 0.6) is 0 Å². The molecule has 1 aliphatic carbocycles. The maximum absolute atomic E-state index is 5.68. The van der Waals surface area contributed by atoms with Crippen LogP contribution >= 0.6 is 0 Å². The van der Waals surface area contributed by atoms with Crippen LogP contribution in [-0.4, -0.2) is 11.5 Å². The smallest absolute Gasteiger partial charge is 0.0270 e. The molecule has 1 fully saturated rings. The molecule has 14 heavy (non-hydrogen) atoms. The van der Waals surface area contributed by atoms with Crippen LogP contribution in [0.2, 0.25) is 0 Å². The minimum atomic E-state index is 0.751. The van der Waals surface area contributed by atoms with Crippen LogP contribution in [0, 0.1) is 5.92 Å². The van der Waals surface area contributed by atoms with Gasteiger partial charge in [-0.1, -0.05) is 0 Å². The van der Waals surface area contributed by atoms with Crippen LogP contribution in [0.1, 0.15) is 37.2 Å². The summed E-state index contributed by atoms with van der Waals surface area (Å²) in [6.45, 7) is 0.864. The highest BCUT2D eigenvalue weighted by Gasteiger charge is 2.20. The van der Waals surface area contributed by atoms with E-state index in [4.69, 9.17) is 5.73 Å². The Hall–Kier alpha value is -0.890. The van der Waals surface area contributed by atoms with E-state index in [-0.39, 0.29) is 0 Å². The van der Waals surface area contributed by atoms with Gasteiger partial charge in [0.2, 0.25) is 0 Å². The quantitative estimate of drug-likeness (QED) is 0.777. The van der Waals surface area contributed by atoms with Crippen molar-refractivity contribution < 1.29 is 0 Å². The number of rotatable bonds is 2. The Morgan fingerprint density at radius 2 is 1.79 bits per heavy atom. The fourth-order valence-electron chi connectivity index (χ4n) is 2.37. The second kappa shape index (κ2) is 4.56. The number of hydrogen-bond donors (Lipinski definition) is 1. The van der Waals surface area contributed by atoms with E-state index in [1.807, 2.05) is 12.4 Å². The first-order chi connectivity index (χ1) is 6.90. The van der Waals surface area contributed by atoms with Crippen LogP contribution in [0.3, 0.4) is 0 Å². The van der Waals surface area contributed by atoms with Crippen LogP contribution in [0.15, 0.2) is 24.5 Å². The highest BCUT2D eigenvalue weighted by molar-refractivity contribution is 5.16. The molecule has 1 heterocycles. The number of nitrogens with zero attached hydrogens (tertiary/aromatic N) is 1. The normalized spacial score (nSPS) is 27.5. The van der Waals surface area contributed by atoms with Crippen molar-refractivity contribution in [2.24, 2.45) is 11.7 Å². The Morgan fingerprint density at radius 1 is 1.14 bits per heavy atom. The zero-order valence-corrected chi connectivity index (χ0v) is 8.52. The molecule has 2 heteroatoms. The molecule has 1 aromatic rings. The molecule has 0 saturated heterocycles. The van der Waals surface area contributed by atoms with E-state index >= 15 is 0 Å². The molecule has 0 spiro atoms. The van der Waals surface area contributed by atoms with Gasteiger partial charge < -0.3 is 5.73 Å². The van der Waals surface area contributed by atoms with Crippen molar-refractivity contribution in [2.45, 2.75) is 31.6 Å². The van der Waals surface area contributed by atoms with Gasteiger partial charge in [-0.15, -0.1) is 0 Å². The van der Waals surface area contributed by atoms with E-state index in [9.17, 15) is 0 Å². The third kappa shape index (κ3) is 2.13. The van der Waals surface area contributed by atoms with E-state index in [0.717, 1.165) is 18.4 Å². The van der Waals surface area contributed by atoms with E-state index < -0.39 is 0 Å². The lowest BCUT2D eigenvalue weighted by molar-refractivity contribution is 0.332. The second-order valence-corrected chi connectivity index (χ2v) is 4.23. The van der Waals surface area contributed by atoms with Crippen molar-refractivity contribution in [1.82, 2.24) is 4.98 Å². The molecule has 0 radical (unpaired) electrons. The molecule has 0 aliphatic heterocycles. The van der Waals surface area contributed by atoms with E-state index in [0.29, 0.717) is 0 Å². The molecule has 2 N–H and O–H groups in total. The Kier molecular flexibility index (Phi) is 3.14. The van der Waals surface area contributed by atoms with Crippen molar-refractivity contribution in [3.8, 4) is 0 Å². The maximum Gasteiger partial charge on any atom is 0.0270 e. The van der Waals surface area contributed by atoms with Gasteiger partial charge in [0, 0.05) is 12.4 Å². The Bertz CT molecular complexity index is 263. The molecule has 0 atom stereocenters. The van der Waals surface area contributed by atoms with Crippen molar-refractivity contribution in [3.05, 3.63) is 30.1 Å². The first-order valence-electron chi connectivity index (χ1n) is 5.50. The summed E-state index contributed by atoms with van der Waals surface area (Å²) in [5.41, 5.74) is 7.13. The lowest BCUT2D eigenvalue weighted by Gasteiger charge is -2.27. The van der Waals surface area contributed by atoms with Crippen molar-refractivity contribution in [1.29, 1.82) is 0 Å². The molecule has 2 nitrogen and oxygen atoms in total. The average Bonchev–Trinajstić information content (AvgIpc) is 2.30. The molecule has 0 unspecified atom stereocenters. The summed E-state index contributed by atoms with van der Waals surface area (Å²) in [5, 5.41) is 0. The SMILES string of the molecule is NCC1CCC(c2ccncc2)CC1. The molecular weight excluding hydrogens is 172 g/mol. The molecule has 0 aromatic carbocycles. The summed E-state index contributed by atoms with van der Waals surface area (Å²) in [7, 11) is 0. The third-order valence-corrected chi connectivity index (χ3v) is 3.36. The minimum absolute atomic E-state index is 0.751. The van der Waals surface area contributed by atoms with Gasteiger partial charge >= 0.3 is 0 Å². The molecule has 1 aromatic heterocycles. The fourth-order valence-corrected chi connectivity index (χ4v) is 2.37. The molecule has 0 bridgehead atoms. The minimum Gasteiger partial charge on any atom is -0.330 e. The zero-order chi connectivity index (χ0) is 9.80. The highest BCUT2D eigenvalue weighted by Crippen LogP contribution is 2.34. The lowest BCUT2D eigenvalue weighted by atomic mass is 9.79. The third-order valence-electron chi connectivity index (χ3n) is 3.36. The Balaban J connectivity index is 1.96. The van der Waals surface area contributed by atoms with Gasteiger partial charge in [0.1, 0.15) is 0 Å². The predicted octanol–water partition coefficient (Wildman–Crippen LogP) is 2.31. The largest absolute Gasteiger partial charge is 0.330 e. The highest BCUT2D eigenvalue weighted by atomic mass is 14.6. The monoisotopic (exact) mass is 190 g/mol. The summed E-state index contributed by atoms with van der Waals surface area (Å²) in [5.74, 6) is 1.52. The van der Waals surface area contributed by atoms with Gasteiger partial charge in [0.25, 0.3) is 0 Å².